The second kappa shape index (κ2) is 6.12. The lowest BCUT2D eigenvalue weighted by atomic mass is 10.0. The second-order valence-corrected chi connectivity index (χ2v) is 5.64. The molecule has 1 heterocycles. The van der Waals surface area contributed by atoms with E-state index in [2.05, 4.69) is 10.6 Å². The van der Waals surface area contributed by atoms with Crippen LogP contribution >= 0.6 is 0 Å². The van der Waals surface area contributed by atoms with Gasteiger partial charge in [0.15, 0.2) is 0 Å². The van der Waals surface area contributed by atoms with Gasteiger partial charge in [-0.15, -0.1) is 0 Å². The Morgan fingerprint density at radius 3 is 2.61 bits per heavy atom. The molecule has 3 N–H and O–H groups in total. The van der Waals surface area contributed by atoms with Crippen molar-refractivity contribution in [3.8, 4) is 0 Å². The summed E-state index contributed by atoms with van der Waals surface area (Å²) < 4.78 is 0. The number of aromatic carboxylic acids is 1. The maximum Gasteiger partial charge on any atom is 0.335 e. The molecule has 118 valence electrons. The van der Waals surface area contributed by atoms with Crippen LogP contribution in [-0.2, 0) is 6.42 Å². The number of carbonyl (C=O) groups is 2. The zero-order valence-corrected chi connectivity index (χ0v) is 12.8. The lowest BCUT2D eigenvalue weighted by molar-refractivity contribution is 0.0696. The number of rotatable bonds is 4. The number of hydrogen-bond acceptors (Lipinski definition) is 3. The van der Waals surface area contributed by atoms with E-state index in [1.54, 1.807) is 24.3 Å². The van der Waals surface area contributed by atoms with E-state index < -0.39 is 5.97 Å². The SMILES string of the molecule is C[C@H](NC(=O)c1cccc2c1NCC2)c1ccc(C(=O)O)cc1. The number of fused-ring (bicyclic) bond motifs is 1. The Morgan fingerprint density at radius 1 is 1.17 bits per heavy atom. The van der Waals surface area contributed by atoms with Gasteiger partial charge < -0.3 is 15.7 Å². The molecular weight excluding hydrogens is 292 g/mol. The molecule has 2 aromatic rings. The molecule has 0 aliphatic carbocycles. The molecule has 1 aliphatic rings. The van der Waals surface area contributed by atoms with Crippen molar-refractivity contribution in [3.05, 3.63) is 64.7 Å². The van der Waals surface area contributed by atoms with Crippen LogP contribution in [0.3, 0.4) is 0 Å². The van der Waals surface area contributed by atoms with Gasteiger partial charge in [-0.1, -0.05) is 24.3 Å². The minimum Gasteiger partial charge on any atom is -0.478 e. The molecule has 0 aromatic heterocycles. The highest BCUT2D eigenvalue weighted by Crippen LogP contribution is 2.27. The number of carboxylic acid groups (broad SMARTS) is 1. The van der Waals surface area contributed by atoms with Gasteiger partial charge in [-0.3, -0.25) is 4.79 Å². The van der Waals surface area contributed by atoms with Gasteiger partial charge in [-0.05, 0) is 42.7 Å². The molecule has 0 saturated heterocycles. The van der Waals surface area contributed by atoms with Crippen LogP contribution < -0.4 is 10.6 Å². The van der Waals surface area contributed by atoms with Gasteiger partial charge in [0.1, 0.15) is 0 Å². The van der Waals surface area contributed by atoms with Crippen molar-refractivity contribution in [1.29, 1.82) is 0 Å². The molecule has 1 atom stereocenters. The van der Waals surface area contributed by atoms with Gasteiger partial charge in [0.2, 0.25) is 0 Å². The van der Waals surface area contributed by atoms with Crippen molar-refractivity contribution in [2.24, 2.45) is 0 Å². The number of amides is 1. The van der Waals surface area contributed by atoms with Gasteiger partial charge in [-0.2, -0.15) is 0 Å². The molecular formula is C18H18N2O3. The molecule has 5 nitrogen and oxygen atoms in total. The van der Waals surface area contributed by atoms with E-state index in [0.717, 1.165) is 29.8 Å². The summed E-state index contributed by atoms with van der Waals surface area (Å²) in [7, 11) is 0. The minimum absolute atomic E-state index is 0.133. The third kappa shape index (κ3) is 3.04. The Labute approximate surface area is 134 Å². The van der Waals surface area contributed by atoms with Gasteiger partial charge in [0.25, 0.3) is 5.91 Å². The van der Waals surface area contributed by atoms with E-state index >= 15 is 0 Å². The van der Waals surface area contributed by atoms with Crippen LogP contribution in [0.1, 0.15) is 44.8 Å². The Bertz CT molecular complexity index is 753. The Balaban J connectivity index is 1.75. The summed E-state index contributed by atoms with van der Waals surface area (Å²) in [5, 5.41) is 15.1. The van der Waals surface area contributed by atoms with E-state index in [0.29, 0.717) is 5.56 Å². The van der Waals surface area contributed by atoms with E-state index in [4.69, 9.17) is 5.11 Å². The van der Waals surface area contributed by atoms with Crippen LogP contribution in [0.25, 0.3) is 0 Å². The lowest BCUT2D eigenvalue weighted by Crippen LogP contribution is -2.27. The number of para-hydroxylation sites is 1. The first kappa shape index (κ1) is 15.1. The Morgan fingerprint density at radius 2 is 1.91 bits per heavy atom. The topological polar surface area (TPSA) is 78.4 Å². The standard InChI is InChI=1S/C18H18N2O3/c1-11(12-5-7-14(8-6-12)18(22)23)20-17(21)15-4-2-3-13-9-10-19-16(13)15/h2-8,11,19H,9-10H2,1H3,(H,20,21)(H,22,23)/t11-/m0/s1. The number of hydrogen-bond donors (Lipinski definition) is 3. The summed E-state index contributed by atoms with van der Waals surface area (Å²) in [4.78, 5) is 23.4. The molecule has 5 heteroatoms. The molecule has 0 spiro atoms. The summed E-state index contributed by atoms with van der Waals surface area (Å²) in [6.07, 6.45) is 0.933. The average molecular weight is 310 g/mol. The monoisotopic (exact) mass is 310 g/mol. The molecule has 0 bridgehead atoms. The predicted molar refractivity (Wildman–Crippen MR) is 87.9 cm³/mol. The van der Waals surface area contributed by atoms with E-state index in [9.17, 15) is 9.59 Å². The van der Waals surface area contributed by atoms with Crippen LogP contribution in [0.2, 0.25) is 0 Å². The summed E-state index contributed by atoms with van der Waals surface area (Å²) in [5.74, 6) is -1.09. The van der Waals surface area contributed by atoms with Gasteiger partial charge in [0, 0.05) is 6.54 Å². The fourth-order valence-electron chi connectivity index (χ4n) is 2.80. The maximum atomic E-state index is 12.5. The predicted octanol–water partition coefficient (Wildman–Crippen LogP) is 2.84. The van der Waals surface area contributed by atoms with Crippen molar-refractivity contribution in [1.82, 2.24) is 5.32 Å². The smallest absolute Gasteiger partial charge is 0.335 e. The zero-order valence-electron chi connectivity index (χ0n) is 12.8. The third-order valence-electron chi connectivity index (χ3n) is 4.10. The zero-order chi connectivity index (χ0) is 16.4. The molecule has 23 heavy (non-hydrogen) atoms. The molecule has 0 radical (unpaired) electrons. The summed E-state index contributed by atoms with van der Waals surface area (Å²) in [6, 6.07) is 12.1. The largest absolute Gasteiger partial charge is 0.478 e. The molecule has 0 unspecified atom stereocenters. The first-order valence-corrected chi connectivity index (χ1v) is 7.56. The summed E-state index contributed by atoms with van der Waals surface area (Å²) in [5.41, 5.74) is 3.82. The van der Waals surface area contributed by atoms with Crippen molar-refractivity contribution in [3.63, 3.8) is 0 Å². The van der Waals surface area contributed by atoms with Crippen LogP contribution in [0.5, 0.6) is 0 Å². The molecule has 2 aromatic carbocycles. The Hall–Kier alpha value is -2.82. The highest BCUT2D eigenvalue weighted by molar-refractivity contribution is 6.01. The quantitative estimate of drug-likeness (QED) is 0.811. The minimum atomic E-state index is -0.959. The van der Waals surface area contributed by atoms with E-state index in [1.807, 2.05) is 25.1 Å². The van der Waals surface area contributed by atoms with Gasteiger partial charge in [-0.25, -0.2) is 4.79 Å². The van der Waals surface area contributed by atoms with Crippen LogP contribution in [0.15, 0.2) is 42.5 Å². The highest BCUT2D eigenvalue weighted by Gasteiger charge is 2.20. The van der Waals surface area contributed by atoms with Crippen molar-refractivity contribution >= 4 is 17.6 Å². The maximum absolute atomic E-state index is 12.5. The van der Waals surface area contributed by atoms with Crippen LogP contribution in [0, 0.1) is 0 Å². The Kier molecular flexibility index (Phi) is 4.02. The van der Waals surface area contributed by atoms with Gasteiger partial charge in [0.05, 0.1) is 22.9 Å². The summed E-state index contributed by atoms with van der Waals surface area (Å²) >= 11 is 0. The van der Waals surface area contributed by atoms with Gasteiger partial charge >= 0.3 is 5.97 Å². The fraction of sp³-hybridized carbons (Fsp3) is 0.222. The number of carbonyl (C=O) groups excluding carboxylic acids is 1. The fourth-order valence-corrected chi connectivity index (χ4v) is 2.80. The second-order valence-electron chi connectivity index (χ2n) is 5.64. The number of anilines is 1. The van der Waals surface area contributed by atoms with Crippen molar-refractivity contribution < 1.29 is 14.7 Å². The first-order valence-electron chi connectivity index (χ1n) is 7.56. The molecule has 1 amide bonds. The number of nitrogens with one attached hydrogen (secondary N) is 2. The number of carboxylic acids is 1. The normalized spacial score (nSPS) is 13.8. The lowest BCUT2D eigenvalue weighted by Gasteiger charge is -2.16. The number of benzene rings is 2. The first-order chi connectivity index (χ1) is 11.1. The third-order valence-corrected chi connectivity index (χ3v) is 4.10. The van der Waals surface area contributed by atoms with Crippen molar-refractivity contribution in [2.45, 2.75) is 19.4 Å². The molecule has 1 aliphatic heterocycles. The van der Waals surface area contributed by atoms with E-state index in [1.165, 1.54) is 0 Å². The van der Waals surface area contributed by atoms with Crippen LogP contribution in [0.4, 0.5) is 5.69 Å². The average Bonchev–Trinajstić information content (AvgIpc) is 3.03. The molecule has 0 saturated carbocycles. The molecule has 3 rings (SSSR count). The van der Waals surface area contributed by atoms with E-state index in [-0.39, 0.29) is 17.5 Å². The summed E-state index contributed by atoms with van der Waals surface area (Å²) in [6.45, 7) is 2.73. The van der Waals surface area contributed by atoms with Crippen LogP contribution in [-0.4, -0.2) is 23.5 Å². The highest BCUT2D eigenvalue weighted by atomic mass is 16.4. The molecule has 0 fully saturated rings. The van der Waals surface area contributed by atoms with Crippen molar-refractivity contribution in [2.75, 3.05) is 11.9 Å².